The monoisotopic (exact) mass is 417 g/mol. The van der Waals surface area contributed by atoms with Gasteiger partial charge < -0.3 is 4.74 Å². The van der Waals surface area contributed by atoms with Gasteiger partial charge in [-0.2, -0.15) is 0 Å². The zero-order chi connectivity index (χ0) is 18.8. The molecule has 0 spiro atoms. The molecule has 2 aromatic carbocycles. The van der Waals surface area contributed by atoms with E-state index >= 15 is 0 Å². The molecule has 1 aliphatic rings. The number of ether oxygens (including phenoxy) is 1. The van der Waals surface area contributed by atoms with Crippen molar-refractivity contribution >= 4 is 55.9 Å². The van der Waals surface area contributed by atoms with Gasteiger partial charge in [0, 0.05) is 21.5 Å². The molecule has 1 aromatic heterocycles. The maximum atomic E-state index is 11.9. The molecule has 0 unspecified atom stereocenters. The van der Waals surface area contributed by atoms with Crippen molar-refractivity contribution in [1.29, 1.82) is 0 Å². The number of hydrogen-bond donors (Lipinski definition) is 0. The fourth-order valence-electron chi connectivity index (χ4n) is 2.98. The standard InChI is InChI=1S/C20H16ClNO3S2/c21-15-4-1-13(2-5-15)7-9-25-17-6-3-14(19-16(17)8-10-26-19)11-22-18(23)12-27-20(22)24/h1-6,8,10H,7,9,11-12H2. The molecule has 0 radical (unpaired) electrons. The zero-order valence-corrected chi connectivity index (χ0v) is 16.7. The number of halogens is 1. The van der Waals surface area contributed by atoms with E-state index < -0.39 is 0 Å². The molecule has 4 rings (SSSR count). The minimum Gasteiger partial charge on any atom is -0.493 e. The van der Waals surface area contributed by atoms with Gasteiger partial charge in [-0.25, -0.2) is 0 Å². The maximum Gasteiger partial charge on any atom is 0.289 e. The van der Waals surface area contributed by atoms with Crippen molar-refractivity contribution in [1.82, 2.24) is 4.90 Å². The molecule has 2 amide bonds. The number of carbonyl (C=O) groups is 2. The Morgan fingerprint density at radius 2 is 1.89 bits per heavy atom. The summed E-state index contributed by atoms with van der Waals surface area (Å²) in [4.78, 5) is 25.1. The van der Waals surface area contributed by atoms with E-state index in [0.717, 1.165) is 44.6 Å². The summed E-state index contributed by atoms with van der Waals surface area (Å²) in [5, 5.41) is 3.57. The van der Waals surface area contributed by atoms with Crippen molar-refractivity contribution in [2.45, 2.75) is 13.0 Å². The van der Waals surface area contributed by atoms with Gasteiger partial charge in [-0.15, -0.1) is 11.3 Å². The molecule has 0 bridgehead atoms. The first kappa shape index (κ1) is 18.3. The second-order valence-corrected chi connectivity index (χ2v) is 8.42. The largest absolute Gasteiger partial charge is 0.493 e. The number of thioether (sulfide) groups is 1. The van der Waals surface area contributed by atoms with E-state index in [-0.39, 0.29) is 16.9 Å². The molecule has 4 nitrogen and oxygen atoms in total. The third-order valence-corrected chi connectivity index (χ3v) is 6.49. The van der Waals surface area contributed by atoms with Crippen LogP contribution in [0.2, 0.25) is 5.02 Å². The summed E-state index contributed by atoms with van der Waals surface area (Å²) in [5.74, 6) is 0.925. The Kier molecular flexibility index (Phi) is 5.38. The molecule has 138 valence electrons. The highest BCUT2D eigenvalue weighted by molar-refractivity contribution is 8.14. The maximum absolute atomic E-state index is 11.9. The number of carbonyl (C=O) groups excluding carboxylic acids is 2. The number of rotatable bonds is 6. The third kappa shape index (κ3) is 3.98. The minimum absolute atomic E-state index is 0.127. The van der Waals surface area contributed by atoms with Crippen LogP contribution in [0.15, 0.2) is 47.8 Å². The first-order valence-corrected chi connectivity index (χ1v) is 10.7. The predicted octanol–water partition coefficient (Wildman–Crippen LogP) is 5.37. The van der Waals surface area contributed by atoms with Crippen LogP contribution in [0, 0.1) is 0 Å². The molecule has 0 N–H and O–H groups in total. The summed E-state index contributed by atoms with van der Waals surface area (Å²) >= 11 is 8.57. The van der Waals surface area contributed by atoms with Crippen LogP contribution in [0.3, 0.4) is 0 Å². The van der Waals surface area contributed by atoms with Gasteiger partial charge in [0.2, 0.25) is 5.91 Å². The quantitative estimate of drug-likeness (QED) is 0.540. The van der Waals surface area contributed by atoms with Crippen molar-refractivity contribution in [3.63, 3.8) is 0 Å². The summed E-state index contributed by atoms with van der Waals surface area (Å²) in [5.41, 5.74) is 2.13. The molecule has 1 fully saturated rings. The van der Waals surface area contributed by atoms with Gasteiger partial charge >= 0.3 is 0 Å². The highest BCUT2D eigenvalue weighted by atomic mass is 35.5. The van der Waals surface area contributed by atoms with E-state index in [1.807, 2.05) is 47.8 Å². The Morgan fingerprint density at radius 1 is 1.07 bits per heavy atom. The van der Waals surface area contributed by atoms with Gasteiger partial charge in [-0.1, -0.05) is 41.6 Å². The summed E-state index contributed by atoms with van der Waals surface area (Å²) in [7, 11) is 0. The molecule has 2 heterocycles. The normalized spacial score (nSPS) is 14.3. The van der Waals surface area contributed by atoms with E-state index in [0.29, 0.717) is 13.2 Å². The van der Waals surface area contributed by atoms with Gasteiger partial charge in [0.1, 0.15) is 5.75 Å². The highest BCUT2D eigenvalue weighted by Gasteiger charge is 2.30. The van der Waals surface area contributed by atoms with Crippen LogP contribution in [0.1, 0.15) is 11.1 Å². The molecule has 1 saturated heterocycles. The third-order valence-electron chi connectivity index (χ3n) is 4.39. The lowest BCUT2D eigenvalue weighted by molar-refractivity contribution is -0.124. The molecule has 1 aliphatic heterocycles. The van der Waals surface area contributed by atoms with Crippen LogP contribution in [-0.4, -0.2) is 28.4 Å². The first-order valence-electron chi connectivity index (χ1n) is 8.45. The number of nitrogens with zero attached hydrogens (tertiary/aromatic N) is 1. The van der Waals surface area contributed by atoms with Crippen LogP contribution in [0.5, 0.6) is 5.75 Å². The number of thiophene rings is 1. The van der Waals surface area contributed by atoms with Crippen molar-refractivity contribution in [3.8, 4) is 5.75 Å². The Hall–Kier alpha value is -2.02. The lowest BCUT2D eigenvalue weighted by atomic mass is 10.1. The smallest absolute Gasteiger partial charge is 0.289 e. The second kappa shape index (κ2) is 7.92. The fraction of sp³-hybridized carbons (Fsp3) is 0.200. The van der Waals surface area contributed by atoms with E-state index in [1.54, 1.807) is 11.3 Å². The summed E-state index contributed by atoms with van der Waals surface area (Å²) in [6, 6.07) is 13.6. The van der Waals surface area contributed by atoms with Crippen LogP contribution >= 0.6 is 34.7 Å². The predicted molar refractivity (Wildman–Crippen MR) is 111 cm³/mol. The summed E-state index contributed by atoms with van der Waals surface area (Å²) in [6.45, 7) is 0.873. The first-order chi connectivity index (χ1) is 13.1. The molecular weight excluding hydrogens is 402 g/mol. The Bertz CT molecular complexity index is 984. The topological polar surface area (TPSA) is 46.6 Å². The van der Waals surface area contributed by atoms with Gasteiger partial charge in [-0.05, 0) is 40.8 Å². The number of amides is 2. The average molecular weight is 418 g/mol. The van der Waals surface area contributed by atoms with Crippen LogP contribution in [0.25, 0.3) is 10.1 Å². The van der Waals surface area contributed by atoms with Crippen molar-refractivity contribution in [2.24, 2.45) is 0 Å². The number of hydrogen-bond acceptors (Lipinski definition) is 5. The molecule has 3 aromatic rings. The van der Waals surface area contributed by atoms with Crippen molar-refractivity contribution in [3.05, 3.63) is 64.0 Å². The number of imide groups is 1. The van der Waals surface area contributed by atoms with E-state index in [1.165, 1.54) is 10.5 Å². The Labute approximate surface area is 170 Å². The number of fused-ring (bicyclic) bond motifs is 1. The zero-order valence-electron chi connectivity index (χ0n) is 14.3. The van der Waals surface area contributed by atoms with Gasteiger partial charge in [0.25, 0.3) is 5.24 Å². The average Bonchev–Trinajstić information content (AvgIpc) is 3.27. The van der Waals surface area contributed by atoms with E-state index in [2.05, 4.69) is 0 Å². The van der Waals surface area contributed by atoms with Crippen molar-refractivity contribution < 1.29 is 14.3 Å². The van der Waals surface area contributed by atoms with Gasteiger partial charge in [-0.3, -0.25) is 14.5 Å². The second-order valence-electron chi connectivity index (χ2n) is 6.15. The van der Waals surface area contributed by atoms with E-state index in [4.69, 9.17) is 16.3 Å². The molecular formula is C20H16ClNO3S2. The van der Waals surface area contributed by atoms with Gasteiger partial charge in [0.15, 0.2) is 0 Å². The fourth-order valence-corrected chi connectivity index (χ4v) is 4.75. The summed E-state index contributed by atoms with van der Waals surface area (Å²) in [6.07, 6.45) is 0.790. The Balaban J connectivity index is 1.48. The lowest BCUT2D eigenvalue weighted by Gasteiger charge is -2.15. The molecule has 0 aliphatic carbocycles. The van der Waals surface area contributed by atoms with Crippen LogP contribution < -0.4 is 4.74 Å². The molecule has 7 heteroatoms. The van der Waals surface area contributed by atoms with Crippen molar-refractivity contribution in [2.75, 3.05) is 12.4 Å². The molecule has 0 saturated carbocycles. The summed E-state index contributed by atoms with van der Waals surface area (Å²) < 4.78 is 7.05. The van der Waals surface area contributed by atoms with Crippen LogP contribution in [0.4, 0.5) is 4.79 Å². The molecule has 0 atom stereocenters. The van der Waals surface area contributed by atoms with E-state index in [9.17, 15) is 9.59 Å². The highest BCUT2D eigenvalue weighted by Crippen LogP contribution is 2.34. The SMILES string of the molecule is O=C1CSC(=O)N1Cc1ccc(OCCc2ccc(Cl)cc2)c2ccsc12. The van der Waals surface area contributed by atoms with Crippen LogP contribution in [-0.2, 0) is 17.8 Å². The Morgan fingerprint density at radius 3 is 2.63 bits per heavy atom. The minimum atomic E-state index is -0.173. The number of benzene rings is 2. The molecule has 27 heavy (non-hydrogen) atoms. The lowest BCUT2D eigenvalue weighted by Crippen LogP contribution is -2.27. The van der Waals surface area contributed by atoms with Gasteiger partial charge in [0.05, 0.1) is 18.9 Å².